The molecule has 0 aliphatic heterocycles. The molecule has 0 saturated heterocycles. The third kappa shape index (κ3) is 1.44. The fourth-order valence-electron chi connectivity index (χ4n) is 2.77. The van der Waals surface area contributed by atoms with Crippen molar-refractivity contribution < 1.29 is 13.2 Å². The minimum Gasteiger partial charge on any atom is -0.397 e. The van der Waals surface area contributed by atoms with Crippen LogP contribution in [0.1, 0.15) is 32.1 Å². The number of alkyl halides is 1. The van der Waals surface area contributed by atoms with Gasteiger partial charge in [-0.3, -0.25) is 0 Å². The normalized spacial score (nSPS) is 33.6. The van der Waals surface area contributed by atoms with Gasteiger partial charge in [0, 0.05) is 25.3 Å². The summed E-state index contributed by atoms with van der Waals surface area (Å²) in [6, 6.07) is 0. The lowest BCUT2D eigenvalue weighted by Gasteiger charge is -2.48. The van der Waals surface area contributed by atoms with Crippen LogP contribution >= 0.6 is 0 Å². The van der Waals surface area contributed by atoms with Crippen LogP contribution < -0.4 is 0 Å². The van der Waals surface area contributed by atoms with Gasteiger partial charge in [-0.25, -0.2) is 4.39 Å². The molecule has 14 heavy (non-hydrogen) atoms. The Hall–Kier alpha value is 0.0669. The summed E-state index contributed by atoms with van der Waals surface area (Å²) in [5.41, 5.74) is 1.02. The Morgan fingerprint density at radius 2 is 1.64 bits per heavy atom. The predicted octanol–water partition coefficient (Wildman–Crippen LogP) is 2.78. The van der Waals surface area contributed by atoms with Crippen LogP contribution in [0.25, 0.3) is 0 Å². The Morgan fingerprint density at radius 3 is 1.93 bits per heavy atom. The molecule has 82 valence electrons. The van der Waals surface area contributed by atoms with Gasteiger partial charge in [-0.2, -0.15) is 0 Å². The van der Waals surface area contributed by atoms with Gasteiger partial charge in [0.15, 0.2) is 0 Å². The first-order valence-electron chi connectivity index (χ1n) is 5.47. The zero-order valence-electron chi connectivity index (χ0n) is 8.96. The molecule has 0 aromatic carbocycles. The summed E-state index contributed by atoms with van der Waals surface area (Å²) >= 11 is 0. The van der Waals surface area contributed by atoms with Crippen molar-refractivity contribution in [1.29, 1.82) is 0 Å². The van der Waals surface area contributed by atoms with E-state index in [-0.39, 0.29) is 0 Å². The Balaban J connectivity index is 2.04. The van der Waals surface area contributed by atoms with E-state index in [0.29, 0.717) is 23.9 Å². The van der Waals surface area contributed by atoms with E-state index in [9.17, 15) is 4.39 Å². The maximum atomic E-state index is 12.9. The molecule has 4 heteroatoms. The standard InChI is InChI=1S/C10H19FO2Si/c1-12-14(13-2,9-4-3-5-9)10-6-8(11)7-10/h8-10H,3-7H2,1-2H3. The van der Waals surface area contributed by atoms with Crippen LogP contribution in [0, 0.1) is 0 Å². The summed E-state index contributed by atoms with van der Waals surface area (Å²) < 4.78 is 24.3. The van der Waals surface area contributed by atoms with Crippen molar-refractivity contribution >= 4 is 8.56 Å². The summed E-state index contributed by atoms with van der Waals surface area (Å²) in [7, 11) is 1.44. The number of rotatable bonds is 4. The van der Waals surface area contributed by atoms with E-state index in [1.807, 2.05) is 0 Å². The van der Waals surface area contributed by atoms with Crippen LogP contribution in [-0.2, 0) is 8.85 Å². The SMILES string of the molecule is CO[Si](OC)(C1CCC1)C1CC(F)C1. The minimum absolute atomic E-state index is 0.401. The predicted molar refractivity (Wildman–Crippen MR) is 55.3 cm³/mol. The molecule has 0 aromatic heterocycles. The third-order valence-electron chi connectivity index (χ3n) is 3.96. The average Bonchev–Trinajstić information content (AvgIpc) is 2.06. The Labute approximate surface area is 86.0 Å². The van der Waals surface area contributed by atoms with Gasteiger partial charge in [0.25, 0.3) is 0 Å². The second-order valence-corrected chi connectivity index (χ2v) is 8.42. The molecule has 0 aromatic rings. The molecule has 0 atom stereocenters. The van der Waals surface area contributed by atoms with Crippen molar-refractivity contribution in [1.82, 2.24) is 0 Å². The molecule has 0 amide bonds. The van der Waals surface area contributed by atoms with Crippen LogP contribution in [0.4, 0.5) is 4.39 Å². The molecule has 0 bridgehead atoms. The molecule has 2 aliphatic carbocycles. The molecule has 2 aliphatic rings. The number of halogens is 1. The molecule has 0 heterocycles. The molecule has 0 unspecified atom stereocenters. The van der Waals surface area contributed by atoms with E-state index in [1.165, 1.54) is 19.3 Å². The fraction of sp³-hybridized carbons (Fsp3) is 1.00. The van der Waals surface area contributed by atoms with Crippen molar-refractivity contribution in [2.45, 2.75) is 49.4 Å². The van der Waals surface area contributed by atoms with E-state index in [0.717, 1.165) is 0 Å². The highest BCUT2D eigenvalue weighted by Crippen LogP contribution is 2.53. The van der Waals surface area contributed by atoms with Crippen molar-refractivity contribution in [2.24, 2.45) is 0 Å². The maximum absolute atomic E-state index is 12.9. The van der Waals surface area contributed by atoms with Crippen LogP contribution in [0.3, 0.4) is 0 Å². The fourth-order valence-corrected chi connectivity index (χ4v) is 7.32. The molecule has 2 nitrogen and oxygen atoms in total. The highest BCUT2D eigenvalue weighted by atomic mass is 28.4. The molecule has 0 N–H and O–H groups in total. The highest BCUT2D eigenvalue weighted by molar-refractivity contribution is 6.71. The lowest BCUT2D eigenvalue weighted by molar-refractivity contribution is 0.132. The van der Waals surface area contributed by atoms with E-state index in [2.05, 4.69) is 0 Å². The monoisotopic (exact) mass is 218 g/mol. The summed E-state index contributed by atoms with van der Waals surface area (Å²) in [6.07, 6.45) is 4.48. The summed E-state index contributed by atoms with van der Waals surface area (Å²) in [6.45, 7) is 0. The first-order chi connectivity index (χ1) is 6.73. The average molecular weight is 218 g/mol. The smallest absolute Gasteiger partial charge is 0.344 e. The third-order valence-corrected chi connectivity index (χ3v) is 8.56. The lowest BCUT2D eigenvalue weighted by atomic mass is 9.96. The van der Waals surface area contributed by atoms with Gasteiger partial charge in [0.05, 0.1) is 0 Å². The van der Waals surface area contributed by atoms with Crippen molar-refractivity contribution in [3.8, 4) is 0 Å². The topological polar surface area (TPSA) is 18.5 Å². The van der Waals surface area contributed by atoms with Gasteiger partial charge >= 0.3 is 8.56 Å². The maximum Gasteiger partial charge on any atom is 0.344 e. The second-order valence-electron chi connectivity index (χ2n) is 4.52. The van der Waals surface area contributed by atoms with Gasteiger partial charge in [-0.05, 0) is 25.7 Å². The zero-order valence-corrected chi connectivity index (χ0v) is 9.96. The van der Waals surface area contributed by atoms with Crippen molar-refractivity contribution in [3.63, 3.8) is 0 Å². The second kappa shape index (κ2) is 3.91. The van der Waals surface area contributed by atoms with Crippen molar-refractivity contribution in [3.05, 3.63) is 0 Å². The molecule has 2 fully saturated rings. The first kappa shape index (κ1) is 10.6. The number of hydrogen-bond donors (Lipinski definition) is 0. The Morgan fingerprint density at radius 1 is 1.07 bits per heavy atom. The van der Waals surface area contributed by atoms with Gasteiger partial charge in [-0.15, -0.1) is 0 Å². The minimum atomic E-state index is -2.06. The first-order valence-corrected chi connectivity index (χ1v) is 7.44. The van der Waals surface area contributed by atoms with Crippen LogP contribution in [-0.4, -0.2) is 29.0 Å². The van der Waals surface area contributed by atoms with E-state index in [1.54, 1.807) is 14.2 Å². The van der Waals surface area contributed by atoms with Gasteiger partial charge in [-0.1, -0.05) is 6.42 Å². The largest absolute Gasteiger partial charge is 0.397 e. The van der Waals surface area contributed by atoms with E-state index >= 15 is 0 Å². The summed E-state index contributed by atoms with van der Waals surface area (Å²) in [5.74, 6) is 0. The molecule has 0 spiro atoms. The Bertz CT molecular complexity index is 198. The number of hydrogen-bond acceptors (Lipinski definition) is 2. The molecular formula is C10H19FO2Si. The highest BCUT2D eigenvalue weighted by Gasteiger charge is 2.57. The van der Waals surface area contributed by atoms with Gasteiger partial charge in [0.1, 0.15) is 6.17 Å². The molecule has 2 rings (SSSR count). The van der Waals surface area contributed by atoms with Crippen molar-refractivity contribution in [2.75, 3.05) is 14.2 Å². The van der Waals surface area contributed by atoms with Crippen LogP contribution in [0.15, 0.2) is 0 Å². The molecule has 0 radical (unpaired) electrons. The summed E-state index contributed by atoms with van der Waals surface area (Å²) in [4.78, 5) is 0. The van der Waals surface area contributed by atoms with Gasteiger partial charge < -0.3 is 8.85 Å². The Kier molecular flexibility index (Phi) is 2.95. The quantitative estimate of drug-likeness (QED) is 0.676. The lowest BCUT2D eigenvalue weighted by Crippen LogP contribution is -2.55. The van der Waals surface area contributed by atoms with Crippen LogP contribution in [0.5, 0.6) is 0 Å². The molecule has 2 saturated carbocycles. The zero-order chi connectivity index (χ0) is 10.2. The summed E-state index contributed by atoms with van der Waals surface area (Å²) in [5, 5.41) is 0. The van der Waals surface area contributed by atoms with Crippen LogP contribution in [0.2, 0.25) is 11.1 Å². The van der Waals surface area contributed by atoms with E-state index < -0.39 is 14.7 Å². The molecular weight excluding hydrogens is 199 g/mol. The van der Waals surface area contributed by atoms with Gasteiger partial charge in [0.2, 0.25) is 0 Å². The van der Waals surface area contributed by atoms with E-state index in [4.69, 9.17) is 8.85 Å².